The van der Waals surface area contributed by atoms with Crippen LogP contribution in [0.1, 0.15) is 35.3 Å². The fourth-order valence-corrected chi connectivity index (χ4v) is 3.00. The van der Waals surface area contributed by atoms with Crippen LogP contribution in [0.3, 0.4) is 0 Å². The number of hydrogen-bond donors (Lipinski definition) is 1. The topological polar surface area (TPSA) is 68.3 Å². The molecule has 2 aromatic rings. The Labute approximate surface area is 152 Å². The summed E-state index contributed by atoms with van der Waals surface area (Å²) in [5.74, 6) is -0.419. The number of ether oxygens (including phenoxy) is 1. The lowest BCUT2D eigenvalue weighted by molar-refractivity contribution is -0.113. The molecule has 2 rings (SSSR count). The Morgan fingerprint density at radius 2 is 2.00 bits per heavy atom. The van der Waals surface area contributed by atoms with Crippen LogP contribution < -0.4 is 5.32 Å². The van der Waals surface area contributed by atoms with Crippen molar-refractivity contribution in [2.45, 2.75) is 38.8 Å². The molecule has 1 heterocycles. The molecule has 0 aliphatic carbocycles. The van der Waals surface area contributed by atoms with Gasteiger partial charge in [-0.05, 0) is 51.5 Å². The SMILES string of the molecule is Cc1ccc(NC(=O)CSc2ncccc2C(=O)OC(C)C)c(C)c1. The van der Waals surface area contributed by atoms with Crippen molar-refractivity contribution in [3.05, 3.63) is 53.2 Å². The average molecular weight is 358 g/mol. The van der Waals surface area contributed by atoms with Gasteiger partial charge in [0.05, 0.1) is 17.4 Å². The highest BCUT2D eigenvalue weighted by atomic mass is 32.2. The highest BCUT2D eigenvalue weighted by Gasteiger charge is 2.16. The first kappa shape index (κ1) is 19.0. The molecule has 1 aromatic heterocycles. The summed E-state index contributed by atoms with van der Waals surface area (Å²) in [6.07, 6.45) is 1.38. The minimum absolute atomic E-state index is 0.147. The quantitative estimate of drug-likeness (QED) is 0.624. The van der Waals surface area contributed by atoms with Gasteiger partial charge in [-0.1, -0.05) is 29.5 Å². The van der Waals surface area contributed by atoms with E-state index in [1.54, 1.807) is 32.2 Å². The Morgan fingerprint density at radius 1 is 1.24 bits per heavy atom. The molecule has 0 saturated heterocycles. The number of aryl methyl sites for hydroxylation is 2. The number of aromatic nitrogens is 1. The number of thioether (sulfide) groups is 1. The number of esters is 1. The number of nitrogens with one attached hydrogen (secondary N) is 1. The van der Waals surface area contributed by atoms with Crippen LogP contribution in [0.25, 0.3) is 0 Å². The third-order valence-corrected chi connectivity index (χ3v) is 4.34. The highest BCUT2D eigenvalue weighted by Crippen LogP contribution is 2.22. The van der Waals surface area contributed by atoms with E-state index < -0.39 is 5.97 Å². The predicted octanol–water partition coefficient (Wildman–Crippen LogP) is 3.99. The summed E-state index contributed by atoms with van der Waals surface area (Å²) >= 11 is 1.21. The molecular weight excluding hydrogens is 336 g/mol. The maximum atomic E-state index is 12.2. The van der Waals surface area contributed by atoms with Crippen LogP contribution in [0.5, 0.6) is 0 Å². The average Bonchev–Trinajstić information content (AvgIpc) is 2.55. The monoisotopic (exact) mass is 358 g/mol. The minimum Gasteiger partial charge on any atom is -0.459 e. The summed E-state index contributed by atoms with van der Waals surface area (Å²) in [5.41, 5.74) is 3.32. The summed E-state index contributed by atoms with van der Waals surface area (Å²) in [4.78, 5) is 28.5. The standard InChI is InChI=1S/C19H22N2O3S/c1-12(2)24-19(23)15-6-5-9-20-18(15)25-11-17(22)21-16-8-7-13(3)10-14(16)4/h5-10,12H,11H2,1-4H3,(H,21,22). The first-order valence-corrected chi connectivity index (χ1v) is 9.01. The van der Waals surface area contributed by atoms with Gasteiger partial charge in [0.1, 0.15) is 5.03 Å². The summed E-state index contributed by atoms with van der Waals surface area (Å²) in [5, 5.41) is 3.37. The van der Waals surface area contributed by atoms with Crippen molar-refractivity contribution >= 4 is 29.3 Å². The molecule has 1 N–H and O–H groups in total. The van der Waals surface area contributed by atoms with Gasteiger partial charge in [-0.25, -0.2) is 9.78 Å². The zero-order valence-corrected chi connectivity index (χ0v) is 15.6. The van der Waals surface area contributed by atoms with Crippen molar-refractivity contribution in [1.82, 2.24) is 4.98 Å². The van der Waals surface area contributed by atoms with Gasteiger partial charge in [0.25, 0.3) is 0 Å². The molecule has 0 fully saturated rings. The molecule has 5 nitrogen and oxygen atoms in total. The molecule has 0 unspecified atom stereocenters. The number of amides is 1. The first-order chi connectivity index (χ1) is 11.9. The van der Waals surface area contributed by atoms with Gasteiger partial charge >= 0.3 is 5.97 Å². The number of hydrogen-bond acceptors (Lipinski definition) is 5. The van der Waals surface area contributed by atoms with E-state index in [0.717, 1.165) is 16.8 Å². The summed E-state index contributed by atoms with van der Waals surface area (Å²) in [7, 11) is 0. The van der Waals surface area contributed by atoms with Crippen LogP contribution in [-0.2, 0) is 9.53 Å². The van der Waals surface area contributed by atoms with Crippen molar-refractivity contribution in [1.29, 1.82) is 0 Å². The van der Waals surface area contributed by atoms with Crippen LogP contribution >= 0.6 is 11.8 Å². The Balaban J connectivity index is 2.01. The summed E-state index contributed by atoms with van der Waals surface area (Å²) in [6, 6.07) is 9.19. The molecule has 6 heteroatoms. The molecule has 132 valence electrons. The number of benzene rings is 1. The van der Waals surface area contributed by atoms with Crippen molar-refractivity contribution in [3.63, 3.8) is 0 Å². The molecular formula is C19H22N2O3S. The molecule has 1 amide bonds. The Hall–Kier alpha value is -2.34. The van der Waals surface area contributed by atoms with Gasteiger partial charge in [0, 0.05) is 11.9 Å². The number of nitrogens with zero attached hydrogens (tertiary/aromatic N) is 1. The van der Waals surface area contributed by atoms with Gasteiger partial charge in [0.15, 0.2) is 0 Å². The van der Waals surface area contributed by atoms with Crippen LogP contribution in [0, 0.1) is 13.8 Å². The van der Waals surface area contributed by atoms with Gasteiger partial charge in [-0.2, -0.15) is 0 Å². The maximum Gasteiger partial charge on any atom is 0.341 e. The molecule has 0 saturated carbocycles. The van der Waals surface area contributed by atoms with E-state index in [0.29, 0.717) is 10.6 Å². The predicted molar refractivity (Wildman–Crippen MR) is 100 cm³/mol. The number of carbonyl (C=O) groups is 2. The first-order valence-electron chi connectivity index (χ1n) is 8.02. The van der Waals surface area contributed by atoms with Crippen LogP contribution in [0.15, 0.2) is 41.6 Å². The second kappa shape index (κ2) is 8.67. The van der Waals surface area contributed by atoms with E-state index in [9.17, 15) is 9.59 Å². The second-order valence-corrected chi connectivity index (χ2v) is 6.93. The molecule has 0 aliphatic heterocycles. The number of anilines is 1. The Morgan fingerprint density at radius 3 is 2.68 bits per heavy atom. The maximum absolute atomic E-state index is 12.2. The normalized spacial score (nSPS) is 10.6. The largest absolute Gasteiger partial charge is 0.459 e. The second-order valence-electron chi connectivity index (χ2n) is 5.97. The van der Waals surface area contributed by atoms with E-state index in [1.165, 1.54) is 11.8 Å². The van der Waals surface area contributed by atoms with E-state index in [4.69, 9.17) is 4.74 Å². The summed E-state index contributed by atoms with van der Waals surface area (Å²) < 4.78 is 5.21. The third-order valence-electron chi connectivity index (χ3n) is 3.33. The van der Waals surface area contributed by atoms with E-state index in [1.807, 2.05) is 32.0 Å². The van der Waals surface area contributed by atoms with Crippen LogP contribution in [-0.4, -0.2) is 28.7 Å². The zero-order valence-electron chi connectivity index (χ0n) is 14.8. The minimum atomic E-state index is -0.430. The van der Waals surface area contributed by atoms with Gasteiger partial charge in [-0.15, -0.1) is 0 Å². The molecule has 0 spiro atoms. The van der Waals surface area contributed by atoms with Crippen LogP contribution in [0.4, 0.5) is 5.69 Å². The van der Waals surface area contributed by atoms with Crippen molar-refractivity contribution in [2.75, 3.05) is 11.1 Å². The van der Waals surface area contributed by atoms with Crippen LogP contribution in [0.2, 0.25) is 0 Å². The lowest BCUT2D eigenvalue weighted by Gasteiger charge is -2.11. The van der Waals surface area contributed by atoms with Gasteiger partial charge in [0.2, 0.25) is 5.91 Å². The van der Waals surface area contributed by atoms with Crippen molar-refractivity contribution in [2.24, 2.45) is 0 Å². The Bertz CT molecular complexity index is 775. The molecule has 0 atom stereocenters. The highest BCUT2D eigenvalue weighted by molar-refractivity contribution is 8.00. The zero-order chi connectivity index (χ0) is 18.4. The molecule has 0 radical (unpaired) electrons. The van der Waals surface area contributed by atoms with Crippen molar-refractivity contribution in [3.8, 4) is 0 Å². The number of carbonyl (C=O) groups excluding carboxylic acids is 2. The summed E-state index contributed by atoms with van der Waals surface area (Å²) in [6.45, 7) is 7.54. The smallest absolute Gasteiger partial charge is 0.341 e. The van der Waals surface area contributed by atoms with E-state index in [2.05, 4.69) is 10.3 Å². The van der Waals surface area contributed by atoms with Gasteiger partial charge < -0.3 is 10.1 Å². The molecule has 25 heavy (non-hydrogen) atoms. The Kier molecular flexibility index (Phi) is 6.58. The number of pyridine rings is 1. The van der Waals surface area contributed by atoms with E-state index in [-0.39, 0.29) is 17.8 Å². The van der Waals surface area contributed by atoms with Crippen molar-refractivity contribution < 1.29 is 14.3 Å². The lowest BCUT2D eigenvalue weighted by Crippen LogP contribution is -2.16. The fourth-order valence-electron chi connectivity index (χ4n) is 2.21. The fraction of sp³-hybridized carbons (Fsp3) is 0.316. The molecule has 1 aromatic carbocycles. The third kappa shape index (κ3) is 5.60. The van der Waals surface area contributed by atoms with Gasteiger partial charge in [-0.3, -0.25) is 4.79 Å². The molecule has 0 aliphatic rings. The molecule has 0 bridgehead atoms. The van der Waals surface area contributed by atoms with E-state index >= 15 is 0 Å². The number of rotatable bonds is 6. The lowest BCUT2D eigenvalue weighted by atomic mass is 10.1.